The van der Waals surface area contributed by atoms with Crippen molar-refractivity contribution in [3.8, 4) is 0 Å². The zero-order valence-electron chi connectivity index (χ0n) is 23.5. The fourth-order valence-corrected chi connectivity index (χ4v) is 5.98. The van der Waals surface area contributed by atoms with E-state index in [1.165, 1.54) is 44.9 Å². The summed E-state index contributed by atoms with van der Waals surface area (Å²) in [6.45, 7) is 10.5. The number of Topliss-reactive ketones (excluding diaryl/α,β-unsaturated/α-hetero) is 1. The van der Waals surface area contributed by atoms with Gasteiger partial charge in [0.05, 0.1) is 17.9 Å². The van der Waals surface area contributed by atoms with E-state index in [-0.39, 0.29) is 54.3 Å². The number of sulfone groups is 1. The second kappa shape index (κ2) is 17.7. The van der Waals surface area contributed by atoms with Crippen LogP contribution < -0.4 is 5.32 Å². The molecule has 0 fully saturated rings. The second-order valence-electron chi connectivity index (χ2n) is 10.8. The SMILES string of the molecule is CCCCCCCCCCCCS(=O)(=O)CCCC(=O)CC(=O)Nc1c(C(C)C)cccc1C(C)C. The Morgan fingerprint density at radius 3 is 1.72 bits per heavy atom. The molecule has 1 aromatic carbocycles. The molecule has 0 saturated carbocycles. The van der Waals surface area contributed by atoms with Gasteiger partial charge in [-0.2, -0.15) is 0 Å². The summed E-state index contributed by atoms with van der Waals surface area (Å²) >= 11 is 0. The molecule has 0 bridgehead atoms. The fraction of sp³-hybridized carbons (Fsp3) is 0.733. The number of hydrogen-bond donors (Lipinski definition) is 1. The number of hydrogen-bond acceptors (Lipinski definition) is 4. The molecular weight excluding hydrogens is 470 g/mol. The van der Waals surface area contributed by atoms with Gasteiger partial charge in [0.25, 0.3) is 0 Å². The molecule has 0 atom stereocenters. The van der Waals surface area contributed by atoms with Gasteiger partial charge in [-0.1, -0.05) is 111 Å². The standard InChI is InChI=1S/C30H51NO4S/c1-6-7-8-9-10-11-12-13-14-15-21-36(34,35)22-17-18-26(32)23-29(33)31-30-27(24(2)3)19-16-20-28(30)25(4)5/h16,19-20,24-25H,6-15,17-18,21-23H2,1-5H3,(H,31,33). The molecule has 206 valence electrons. The number of carbonyl (C=O) groups is 2. The molecule has 0 heterocycles. The molecule has 0 aliphatic heterocycles. The molecule has 5 nitrogen and oxygen atoms in total. The lowest BCUT2D eigenvalue weighted by molar-refractivity contribution is -0.125. The van der Waals surface area contributed by atoms with E-state index in [1.807, 2.05) is 18.2 Å². The van der Waals surface area contributed by atoms with E-state index in [4.69, 9.17) is 0 Å². The molecule has 0 saturated heterocycles. The Labute approximate surface area is 221 Å². The molecule has 0 aliphatic carbocycles. The molecule has 1 N–H and O–H groups in total. The van der Waals surface area contributed by atoms with Crippen LogP contribution in [0, 0.1) is 0 Å². The van der Waals surface area contributed by atoms with Crippen LogP contribution in [-0.2, 0) is 19.4 Å². The number of anilines is 1. The van der Waals surface area contributed by atoms with Gasteiger partial charge in [0.2, 0.25) is 5.91 Å². The van der Waals surface area contributed by atoms with Crippen LogP contribution in [0.25, 0.3) is 0 Å². The molecular formula is C30H51NO4S. The van der Waals surface area contributed by atoms with Gasteiger partial charge in [-0.3, -0.25) is 9.59 Å². The Hall–Kier alpha value is -1.69. The zero-order valence-corrected chi connectivity index (χ0v) is 24.4. The first-order valence-electron chi connectivity index (χ1n) is 14.2. The average Bonchev–Trinajstić information content (AvgIpc) is 2.79. The first kappa shape index (κ1) is 32.3. The van der Waals surface area contributed by atoms with E-state index in [0.717, 1.165) is 29.7 Å². The van der Waals surface area contributed by atoms with Gasteiger partial charge < -0.3 is 5.32 Å². The molecule has 1 rings (SSSR count). The Balaban J connectivity index is 2.32. The first-order valence-corrected chi connectivity index (χ1v) is 16.0. The summed E-state index contributed by atoms with van der Waals surface area (Å²) in [5, 5.41) is 2.96. The highest BCUT2D eigenvalue weighted by molar-refractivity contribution is 7.91. The minimum Gasteiger partial charge on any atom is -0.325 e. The monoisotopic (exact) mass is 521 g/mol. The highest BCUT2D eigenvalue weighted by Gasteiger charge is 2.18. The number of ketones is 1. The average molecular weight is 522 g/mol. The maximum atomic E-state index is 12.6. The van der Waals surface area contributed by atoms with Gasteiger partial charge in [-0.25, -0.2) is 8.42 Å². The third-order valence-corrected chi connectivity index (χ3v) is 8.54. The molecule has 6 heteroatoms. The van der Waals surface area contributed by atoms with Crippen LogP contribution in [0.15, 0.2) is 18.2 Å². The van der Waals surface area contributed by atoms with Gasteiger partial charge in [0.15, 0.2) is 0 Å². The third kappa shape index (κ3) is 13.6. The third-order valence-electron chi connectivity index (χ3n) is 6.71. The van der Waals surface area contributed by atoms with E-state index in [9.17, 15) is 18.0 Å². The first-order chi connectivity index (χ1) is 17.1. The predicted molar refractivity (Wildman–Crippen MR) is 153 cm³/mol. The van der Waals surface area contributed by atoms with Crippen LogP contribution >= 0.6 is 0 Å². The Kier molecular flexibility index (Phi) is 15.9. The highest BCUT2D eigenvalue weighted by atomic mass is 32.2. The number of nitrogens with one attached hydrogen (secondary N) is 1. The molecule has 0 unspecified atom stereocenters. The molecule has 36 heavy (non-hydrogen) atoms. The van der Waals surface area contributed by atoms with Crippen molar-refractivity contribution in [1.29, 1.82) is 0 Å². The number of benzene rings is 1. The summed E-state index contributed by atoms with van der Waals surface area (Å²) in [4.78, 5) is 25.0. The van der Waals surface area contributed by atoms with Crippen LogP contribution in [0.2, 0.25) is 0 Å². The minimum absolute atomic E-state index is 0.0193. The predicted octanol–water partition coefficient (Wildman–Crippen LogP) is 7.95. The smallest absolute Gasteiger partial charge is 0.231 e. The van der Waals surface area contributed by atoms with E-state index in [1.54, 1.807) is 0 Å². The number of amides is 1. The van der Waals surface area contributed by atoms with Crippen molar-refractivity contribution in [1.82, 2.24) is 0 Å². The quantitative estimate of drug-likeness (QED) is 0.139. The maximum absolute atomic E-state index is 12.6. The summed E-state index contributed by atoms with van der Waals surface area (Å²) in [5.74, 6) is 0.164. The van der Waals surface area contributed by atoms with Gasteiger partial charge in [-0.15, -0.1) is 0 Å². The lowest BCUT2D eigenvalue weighted by Gasteiger charge is -2.20. The zero-order chi connectivity index (χ0) is 27.0. The van der Waals surface area contributed by atoms with Crippen LogP contribution in [0.3, 0.4) is 0 Å². The van der Waals surface area contributed by atoms with Crippen LogP contribution in [0.5, 0.6) is 0 Å². The fourth-order valence-electron chi connectivity index (χ4n) is 4.55. The van der Waals surface area contributed by atoms with E-state index in [2.05, 4.69) is 39.9 Å². The Morgan fingerprint density at radius 2 is 1.22 bits per heavy atom. The van der Waals surface area contributed by atoms with Crippen LogP contribution in [0.4, 0.5) is 5.69 Å². The molecule has 1 aromatic rings. The van der Waals surface area contributed by atoms with Gasteiger partial charge in [0.1, 0.15) is 15.6 Å². The van der Waals surface area contributed by atoms with Crippen LogP contribution in [0.1, 0.15) is 141 Å². The van der Waals surface area contributed by atoms with Gasteiger partial charge in [0, 0.05) is 12.1 Å². The van der Waals surface area contributed by atoms with Crippen molar-refractivity contribution < 1.29 is 18.0 Å². The second-order valence-corrected chi connectivity index (χ2v) is 13.1. The Morgan fingerprint density at radius 1 is 0.750 bits per heavy atom. The molecule has 0 radical (unpaired) electrons. The topological polar surface area (TPSA) is 80.3 Å². The van der Waals surface area contributed by atoms with Crippen LogP contribution in [-0.4, -0.2) is 31.6 Å². The van der Waals surface area contributed by atoms with Crippen molar-refractivity contribution in [2.24, 2.45) is 0 Å². The summed E-state index contributed by atoms with van der Waals surface area (Å²) in [6, 6.07) is 6.02. The van der Waals surface area contributed by atoms with Crippen molar-refractivity contribution in [2.45, 2.75) is 130 Å². The molecule has 0 aliphatic rings. The molecule has 0 aromatic heterocycles. The summed E-state index contributed by atoms with van der Waals surface area (Å²) in [5.41, 5.74) is 2.92. The highest BCUT2D eigenvalue weighted by Crippen LogP contribution is 2.32. The largest absolute Gasteiger partial charge is 0.325 e. The summed E-state index contributed by atoms with van der Waals surface area (Å²) < 4.78 is 24.6. The van der Waals surface area contributed by atoms with E-state index in [0.29, 0.717) is 6.42 Å². The van der Waals surface area contributed by atoms with Crippen molar-refractivity contribution in [2.75, 3.05) is 16.8 Å². The lowest BCUT2D eigenvalue weighted by Crippen LogP contribution is -2.20. The Bertz CT molecular complexity index is 864. The normalized spacial score (nSPS) is 11.9. The number of unbranched alkanes of at least 4 members (excludes halogenated alkanes) is 9. The van der Waals surface area contributed by atoms with Crippen molar-refractivity contribution in [3.63, 3.8) is 0 Å². The van der Waals surface area contributed by atoms with Gasteiger partial charge >= 0.3 is 0 Å². The lowest BCUT2D eigenvalue weighted by atomic mass is 9.92. The van der Waals surface area contributed by atoms with Crippen molar-refractivity contribution in [3.05, 3.63) is 29.3 Å². The number of para-hydroxylation sites is 1. The van der Waals surface area contributed by atoms with E-state index < -0.39 is 9.84 Å². The molecule has 1 amide bonds. The van der Waals surface area contributed by atoms with E-state index >= 15 is 0 Å². The summed E-state index contributed by atoms with van der Waals surface area (Å²) in [7, 11) is -3.15. The van der Waals surface area contributed by atoms with Gasteiger partial charge in [-0.05, 0) is 35.8 Å². The number of rotatable bonds is 20. The molecule has 0 spiro atoms. The minimum atomic E-state index is -3.15. The maximum Gasteiger partial charge on any atom is 0.231 e. The summed E-state index contributed by atoms with van der Waals surface area (Å²) in [6.07, 6.45) is 11.9. The number of carbonyl (C=O) groups excluding carboxylic acids is 2. The van der Waals surface area contributed by atoms with Crippen molar-refractivity contribution >= 4 is 27.2 Å².